The van der Waals surface area contributed by atoms with Gasteiger partial charge in [-0.1, -0.05) is 0 Å². The molecule has 1 fully saturated rings. The van der Waals surface area contributed by atoms with Crippen LogP contribution in [0.15, 0.2) is 0 Å². The lowest BCUT2D eigenvalue weighted by atomic mass is 10.3. The maximum atomic E-state index is 11.2. The minimum atomic E-state index is -0.472. The molecule has 64 valence electrons. The number of nitrogens with zero attached hydrogens (tertiary/aromatic N) is 1. The first-order chi connectivity index (χ1) is 5.11. The topological polar surface area (TPSA) is 40.5 Å². The standard InChI is InChI=1S/C7H12ClNO2/c1-5(8)7(11)9-3-2-6(10)4-9/h5-6,10H,2-4H2,1H3/t5-,6+/m1/s1. The van der Waals surface area contributed by atoms with Crippen molar-refractivity contribution in [3.05, 3.63) is 0 Å². The first-order valence-electron chi connectivity index (χ1n) is 3.72. The Morgan fingerprint density at radius 3 is 2.82 bits per heavy atom. The first-order valence-corrected chi connectivity index (χ1v) is 4.16. The number of halogens is 1. The summed E-state index contributed by atoms with van der Waals surface area (Å²) in [6.45, 7) is 2.72. The van der Waals surface area contributed by atoms with Crippen LogP contribution in [-0.4, -0.2) is 40.5 Å². The monoisotopic (exact) mass is 177 g/mol. The Morgan fingerprint density at radius 1 is 1.82 bits per heavy atom. The molecule has 4 heteroatoms. The number of likely N-dealkylation sites (tertiary alicyclic amines) is 1. The number of alkyl halides is 1. The van der Waals surface area contributed by atoms with Crippen LogP contribution in [0.1, 0.15) is 13.3 Å². The van der Waals surface area contributed by atoms with E-state index in [1.54, 1.807) is 11.8 Å². The molecular formula is C7H12ClNO2. The molecular weight excluding hydrogens is 166 g/mol. The van der Waals surface area contributed by atoms with Crippen LogP contribution in [0.25, 0.3) is 0 Å². The molecule has 0 saturated carbocycles. The summed E-state index contributed by atoms with van der Waals surface area (Å²) >= 11 is 5.58. The van der Waals surface area contributed by atoms with Gasteiger partial charge in [0.1, 0.15) is 5.38 Å². The summed E-state index contributed by atoms with van der Waals surface area (Å²) in [7, 11) is 0. The van der Waals surface area contributed by atoms with E-state index in [-0.39, 0.29) is 12.0 Å². The summed E-state index contributed by atoms with van der Waals surface area (Å²) in [5.41, 5.74) is 0. The molecule has 2 atom stereocenters. The molecule has 0 bridgehead atoms. The number of carbonyl (C=O) groups excluding carboxylic acids is 1. The Balaban J connectivity index is 2.43. The van der Waals surface area contributed by atoms with E-state index in [1.165, 1.54) is 0 Å². The van der Waals surface area contributed by atoms with Crippen LogP contribution in [0.5, 0.6) is 0 Å². The summed E-state index contributed by atoms with van der Waals surface area (Å²) in [5, 5.41) is 8.62. The molecule has 0 aromatic heterocycles. The average Bonchev–Trinajstić information content (AvgIpc) is 2.34. The van der Waals surface area contributed by atoms with E-state index >= 15 is 0 Å². The molecule has 1 N–H and O–H groups in total. The minimum Gasteiger partial charge on any atom is -0.391 e. The van der Waals surface area contributed by atoms with E-state index in [1.807, 2.05) is 0 Å². The predicted molar refractivity (Wildman–Crippen MR) is 42.5 cm³/mol. The third kappa shape index (κ3) is 2.07. The summed E-state index contributed by atoms with van der Waals surface area (Å²) in [6, 6.07) is 0. The molecule has 0 aromatic rings. The highest BCUT2D eigenvalue weighted by Crippen LogP contribution is 2.11. The first kappa shape index (κ1) is 8.81. The fourth-order valence-electron chi connectivity index (χ4n) is 1.19. The van der Waals surface area contributed by atoms with Gasteiger partial charge in [0.25, 0.3) is 0 Å². The van der Waals surface area contributed by atoms with E-state index in [2.05, 4.69) is 0 Å². The van der Waals surface area contributed by atoms with Crippen molar-refractivity contribution < 1.29 is 9.90 Å². The maximum Gasteiger partial charge on any atom is 0.240 e. The number of hydrogen-bond donors (Lipinski definition) is 1. The van der Waals surface area contributed by atoms with E-state index in [9.17, 15) is 4.79 Å². The quantitative estimate of drug-likeness (QED) is 0.582. The Kier molecular flexibility index (Phi) is 2.73. The van der Waals surface area contributed by atoms with Gasteiger partial charge in [0.2, 0.25) is 5.91 Å². The third-order valence-electron chi connectivity index (χ3n) is 1.82. The van der Waals surface area contributed by atoms with E-state index in [4.69, 9.17) is 16.7 Å². The Bertz CT molecular complexity index is 161. The second-order valence-electron chi connectivity index (χ2n) is 2.84. The van der Waals surface area contributed by atoms with Gasteiger partial charge in [-0.2, -0.15) is 0 Å². The predicted octanol–water partition coefficient (Wildman–Crippen LogP) is 0.207. The fourth-order valence-corrected chi connectivity index (χ4v) is 1.33. The van der Waals surface area contributed by atoms with Crippen molar-refractivity contribution in [3.8, 4) is 0 Å². The highest BCUT2D eigenvalue weighted by molar-refractivity contribution is 6.30. The van der Waals surface area contributed by atoms with E-state index < -0.39 is 5.38 Å². The number of hydrogen-bond acceptors (Lipinski definition) is 2. The second-order valence-corrected chi connectivity index (χ2v) is 3.50. The van der Waals surface area contributed by atoms with Crippen molar-refractivity contribution in [2.75, 3.05) is 13.1 Å². The van der Waals surface area contributed by atoms with Gasteiger partial charge in [0, 0.05) is 13.1 Å². The number of rotatable bonds is 1. The minimum absolute atomic E-state index is 0.0804. The number of aliphatic hydroxyl groups is 1. The second kappa shape index (κ2) is 3.41. The van der Waals surface area contributed by atoms with Crippen molar-refractivity contribution in [1.82, 2.24) is 4.90 Å². The van der Waals surface area contributed by atoms with Gasteiger partial charge < -0.3 is 10.0 Å². The molecule has 0 spiro atoms. The van der Waals surface area contributed by atoms with Gasteiger partial charge in [-0.15, -0.1) is 11.6 Å². The molecule has 1 aliphatic rings. The van der Waals surface area contributed by atoms with Crippen LogP contribution in [0.3, 0.4) is 0 Å². The largest absolute Gasteiger partial charge is 0.391 e. The molecule has 3 nitrogen and oxygen atoms in total. The van der Waals surface area contributed by atoms with Crippen molar-refractivity contribution in [3.63, 3.8) is 0 Å². The molecule has 0 radical (unpaired) electrons. The van der Waals surface area contributed by atoms with Crippen LogP contribution in [0, 0.1) is 0 Å². The molecule has 0 aromatic carbocycles. The summed E-state index contributed by atoms with van der Waals surface area (Å²) < 4.78 is 0. The van der Waals surface area contributed by atoms with Crippen LogP contribution < -0.4 is 0 Å². The van der Waals surface area contributed by atoms with Crippen molar-refractivity contribution in [1.29, 1.82) is 0 Å². The van der Waals surface area contributed by atoms with Gasteiger partial charge in [0.05, 0.1) is 6.10 Å². The average molecular weight is 178 g/mol. The Morgan fingerprint density at radius 2 is 2.45 bits per heavy atom. The molecule has 1 heterocycles. The van der Waals surface area contributed by atoms with Crippen molar-refractivity contribution in [2.45, 2.75) is 24.8 Å². The number of β-amino-alcohol motifs (C(OH)–C–C–N with tert-alkyl or cyclic N) is 1. The van der Waals surface area contributed by atoms with Crippen LogP contribution in [-0.2, 0) is 4.79 Å². The van der Waals surface area contributed by atoms with Gasteiger partial charge >= 0.3 is 0 Å². The number of carbonyl (C=O) groups is 1. The van der Waals surface area contributed by atoms with E-state index in [0.717, 1.165) is 0 Å². The zero-order valence-electron chi connectivity index (χ0n) is 6.46. The van der Waals surface area contributed by atoms with Crippen LogP contribution in [0.2, 0.25) is 0 Å². The fraction of sp³-hybridized carbons (Fsp3) is 0.857. The lowest BCUT2D eigenvalue weighted by Gasteiger charge is -2.16. The zero-order chi connectivity index (χ0) is 8.43. The molecule has 1 aliphatic heterocycles. The van der Waals surface area contributed by atoms with E-state index in [0.29, 0.717) is 19.5 Å². The molecule has 0 unspecified atom stereocenters. The summed E-state index contributed by atoms with van der Waals surface area (Å²) in [6.07, 6.45) is 0.324. The molecule has 1 amide bonds. The SMILES string of the molecule is C[C@@H](Cl)C(=O)N1CC[C@H](O)C1. The smallest absolute Gasteiger partial charge is 0.240 e. The lowest BCUT2D eigenvalue weighted by Crippen LogP contribution is -2.34. The van der Waals surface area contributed by atoms with Crippen molar-refractivity contribution >= 4 is 17.5 Å². The Hall–Kier alpha value is -0.280. The molecule has 11 heavy (non-hydrogen) atoms. The summed E-state index contributed by atoms with van der Waals surface area (Å²) in [4.78, 5) is 12.8. The van der Waals surface area contributed by atoms with Crippen LogP contribution >= 0.6 is 11.6 Å². The molecule has 0 aliphatic carbocycles. The highest BCUT2D eigenvalue weighted by Gasteiger charge is 2.26. The summed E-state index contributed by atoms with van der Waals surface area (Å²) in [5.74, 6) is -0.0804. The number of aliphatic hydroxyl groups excluding tert-OH is 1. The van der Waals surface area contributed by atoms with Gasteiger partial charge in [-0.05, 0) is 13.3 Å². The number of amides is 1. The third-order valence-corrected chi connectivity index (χ3v) is 2.00. The maximum absolute atomic E-state index is 11.2. The zero-order valence-corrected chi connectivity index (χ0v) is 7.21. The van der Waals surface area contributed by atoms with Gasteiger partial charge in [-0.25, -0.2) is 0 Å². The normalized spacial score (nSPS) is 27.2. The molecule has 1 saturated heterocycles. The van der Waals surface area contributed by atoms with Crippen LogP contribution in [0.4, 0.5) is 0 Å². The van der Waals surface area contributed by atoms with Crippen molar-refractivity contribution in [2.24, 2.45) is 0 Å². The Labute approximate surface area is 70.9 Å². The van der Waals surface area contributed by atoms with Gasteiger partial charge in [0.15, 0.2) is 0 Å². The van der Waals surface area contributed by atoms with Gasteiger partial charge in [-0.3, -0.25) is 4.79 Å². The lowest BCUT2D eigenvalue weighted by molar-refractivity contribution is -0.129. The highest BCUT2D eigenvalue weighted by atomic mass is 35.5. The molecule has 1 rings (SSSR count).